The van der Waals surface area contributed by atoms with Crippen molar-refractivity contribution in [3.05, 3.63) is 29.8 Å². The summed E-state index contributed by atoms with van der Waals surface area (Å²) in [5.41, 5.74) is 5.07. The van der Waals surface area contributed by atoms with Crippen molar-refractivity contribution in [3.63, 3.8) is 0 Å². The molecule has 0 saturated carbocycles. The SMILES string of the molecule is Nc1nc(-c2cccc(F)c2F)no1. The maximum absolute atomic E-state index is 13.2. The van der Waals surface area contributed by atoms with E-state index in [1.807, 2.05) is 0 Å². The van der Waals surface area contributed by atoms with E-state index in [0.717, 1.165) is 6.07 Å². The van der Waals surface area contributed by atoms with Crippen LogP contribution in [0.4, 0.5) is 14.8 Å². The lowest BCUT2D eigenvalue weighted by molar-refractivity contribution is 0.436. The Morgan fingerprint density at radius 1 is 1.29 bits per heavy atom. The third-order valence-corrected chi connectivity index (χ3v) is 1.63. The van der Waals surface area contributed by atoms with Crippen molar-refractivity contribution in [3.8, 4) is 11.4 Å². The number of nitrogens with zero attached hydrogens (tertiary/aromatic N) is 2. The van der Waals surface area contributed by atoms with Gasteiger partial charge in [-0.15, -0.1) is 0 Å². The molecule has 0 spiro atoms. The molecule has 14 heavy (non-hydrogen) atoms. The van der Waals surface area contributed by atoms with Crippen LogP contribution < -0.4 is 5.73 Å². The minimum atomic E-state index is -1.02. The molecule has 1 heterocycles. The second kappa shape index (κ2) is 3.06. The zero-order chi connectivity index (χ0) is 10.1. The van der Waals surface area contributed by atoms with Crippen molar-refractivity contribution >= 4 is 6.01 Å². The van der Waals surface area contributed by atoms with E-state index in [-0.39, 0.29) is 17.4 Å². The van der Waals surface area contributed by atoms with Gasteiger partial charge in [-0.3, -0.25) is 0 Å². The van der Waals surface area contributed by atoms with Crippen LogP contribution in [-0.2, 0) is 0 Å². The third kappa shape index (κ3) is 1.30. The van der Waals surface area contributed by atoms with E-state index in [0.29, 0.717) is 0 Å². The summed E-state index contributed by atoms with van der Waals surface area (Å²) in [4.78, 5) is 3.58. The summed E-state index contributed by atoms with van der Waals surface area (Å²) in [5.74, 6) is -2.06. The molecule has 0 saturated heterocycles. The van der Waals surface area contributed by atoms with Gasteiger partial charge in [0.15, 0.2) is 11.6 Å². The third-order valence-electron chi connectivity index (χ3n) is 1.63. The van der Waals surface area contributed by atoms with Crippen molar-refractivity contribution in [2.75, 3.05) is 5.73 Å². The molecular weight excluding hydrogens is 192 g/mol. The van der Waals surface area contributed by atoms with Crippen LogP contribution in [0.25, 0.3) is 11.4 Å². The average Bonchev–Trinajstić information content (AvgIpc) is 2.57. The quantitative estimate of drug-likeness (QED) is 0.753. The molecule has 0 aliphatic rings. The van der Waals surface area contributed by atoms with Gasteiger partial charge in [0, 0.05) is 0 Å². The first-order valence-corrected chi connectivity index (χ1v) is 3.72. The van der Waals surface area contributed by atoms with Crippen LogP contribution in [-0.4, -0.2) is 10.1 Å². The zero-order valence-corrected chi connectivity index (χ0v) is 6.87. The fourth-order valence-electron chi connectivity index (χ4n) is 1.02. The summed E-state index contributed by atoms with van der Waals surface area (Å²) < 4.78 is 30.4. The monoisotopic (exact) mass is 197 g/mol. The molecule has 0 amide bonds. The van der Waals surface area contributed by atoms with E-state index in [9.17, 15) is 8.78 Å². The highest BCUT2D eigenvalue weighted by Crippen LogP contribution is 2.21. The molecule has 2 rings (SSSR count). The lowest BCUT2D eigenvalue weighted by Gasteiger charge is -1.96. The average molecular weight is 197 g/mol. The van der Waals surface area contributed by atoms with Crippen LogP contribution in [0.3, 0.4) is 0 Å². The molecule has 0 aliphatic heterocycles. The van der Waals surface area contributed by atoms with Gasteiger partial charge in [-0.2, -0.15) is 4.98 Å². The summed E-state index contributed by atoms with van der Waals surface area (Å²) in [6.07, 6.45) is 0. The fourth-order valence-corrected chi connectivity index (χ4v) is 1.02. The Hall–Kier alpha value is -1.98. The summed E-state index contributed by atoms with van der Waals surface area (Å²) in [6.45, 7) is 0. The minimum Gasteiger partial charge on any atom is -0.351 e. The molecule has 72 valence electrons. The van der Waals surface area contributed by atoms with Gasteiger partial charge in [-0.05, 0) is 12.1 Å². The molecule has 0 bridgehead atoms. The number of nitrogens with two attached hydrogens (primary N) is 1. The predicted molar refractivity (Wildman–Crippen MR) is 44.1 cm³/mol. The van der Waals surface area contributed by atoms with E-state index in [4.69, 9.17) is 5.73 Å². The van der Waals surface area contributed by atoms with Gasteiger partial charge in [0.25, 0.3) is 0 Å². The van der Waals surface area contributed by atoms with Crippen molar-refractivity contribution in [1.29, 1.82) is 0 Å². The zero-order valence-electron chi connectivity index (χ0n) is 6.87. The first-order chi connectivity index (χ1) is 6.68. The maximum Gasteiger partial charge on any atom is 0.319 e. The van der Waals surface area contributed by atoms with Gasteiger partial charge in [-0.1, -0.05) is 11.2 Å². The molecule has 0 unspecified atom stereocenters. The second-order valence-electron chi connectivity index (χ2n) is 2.56. The largest absolute Gasteiger partial charge is 0.351 e. The van der Waals surface area contributed by atoms with Crippen molar-refractivity contribution in [2.24, 2.45) is 0 Å². The highest BCUT2D eigenvalue weighted by molar-refractivity contribution is 5.56. The molecule has 4 nitrogen and oxygen atoms in total. The van der Waals surface area contributed by atoms with Gasteiger partial charge < -0.3 is 10.3 Å². The second-order valence-corrected chi connectivity index (χ2v) is 2.56. The first-order valence-electron chi connectivity index (χ1n) is 3.72. The highest BCUT2D eigenvalue weighted by Gasteiger charge is 2.14. The number of hydrogen-bond donors (Lipinski definition) is 1. The van der Waals surface area contributed by atoms with Crippen LogP contribution in [0.2, 0.25) is 0 Å². The molecule has 0 radical (unpaired) electrons. The lowest BCUT2D eigenvalue weighted by atomic mass is 10.2. The number of aromatic nitrogens is 2. The van der Waals surface area contributed by atoms with Crippen LogP contribution in [0.15, 0.2) is 22.7 Å². The van der Waals surface area contributed by atoms with Crippen LogP contribution in [0.5, 0.6) is 0 Å². The van der Waals surface area contributed by atoms with Crippen LogP contribution in [0.1, 0.15) is 0 Å². The van der Waals surface area contributed by atoms with E-state index in [2.05, 4.69) is 14.7 Å². The first kappa shape index (κ1) is 8.61. The molecule has 1 aromatic heterocycles. The van der Waals surface area contributed by atoms with E-state index < -0.39 is 11.6 Å². The highest BCUT2D eigenvalue weighted by atomic mass is 19.2. The Kier molecular flexibility index (Phi) is 1.88. The summed E-state index contributed by atoms with van der Waals surface area (Å²) >= 11 is 0. The number of nitrogen functional groups attached to an aromatic ring is 1. The minimum absolute atomic E-state index is 0.0699. The summed E-state index contributed by atoms with van der Waals surface area (Å²) in [5, 5.41) is 3.37. The fraction of sp³-hybridized carbons (Fsp3) is 0. The maximum atomic E-state index is 13.2. The van der Waals surface area contributed by atoms with E-state index >= 15 is 0 Å². The lowest BCUT2D eigenvalue weighted by Crippen LogP contribution is -1.91. The van der Waals surface area contributed by atoms with Gasteiger partial charge in [0.05, 0.1) is 5.56 Å². The Labute approximate surface area is 77.3 Å². The van der Waals surface area contributed by atoms with Gasteiger partial charge in [0.2, 0.25) is 5.82 Å². The Morgan fingerprint density at radius 2 is 2.07 bits per heavy atom. The predicted octanol–water partition coefficient (Wildman–Crippen LogP) is 1.60. The standard InChI is InChI=1S/C8H5F2N3O/c9-5-3-1-2-4(6(5)10)7-12-8(11)14-13-7/h1-3H,(H2,11,12,13). The Balaban J connectivity index is 2.57. The smallest absolute Gasteiger partial charge is 0.319 e. The molecule has 2 N–H and O–H groups in total. The molecule has 1 aromatic carbocycles. The van der Waals surface area contributed by atoms with Crippen molar-refractivity contribution in [2.45, 2.75) is 0 Å². The van der Waals surface area contributed by atoms with Gasteiger partial charge in [0.1, 0.15) is 0 Å². The summed E-state index contributed by atoms with van der Waals surface area (Å²) in [7, 11) is 0. The number of rotatable bonds is 1. The van der Waals surface area contributed by atoms with Gasteiger partial charge in [-0.25, -0.2) is 8.78 Å². The number of anilines is 1. The van der Waals surface area contributed by atoms with Crippen LogP contribution in [0, 0.1) is 11.6 Å². The molecule has 2 aromatic rings. The molecule has 0 atom stereocenters. The summed E-state index contributed by atoms with van der Waals surface area (Å²) in [6, 6.07) is 3.49. The molecule has 0 aliphatic carbocycles. The Morgan fingerprint density at radius 3 is 2.71 bits per heavy atom. The topological polar surface area (TPSA) is 64.9 Å². The molecule has 0 fully saturated rings. The van der Waals surface area contributed by atoms with Crippen molar-refractivity contribution in [1.82, 2.24) is 10.1 Å². The number of halogens is 2. The van der Waals surface area contributed by atoms with E-state index in [1.54, 1.807) is 0 Å². The van der Waals surface area contributed by atoms with Crippen molar-refractivity contribution < 1.29 is 13.3 Å². The molecule has 6 heteroatoms. The Bertz CT molecular complexity index is 469. The number of hydrogen-bond acceptors (Lipinski definition) is 4. The normalized spacial score (nSPS) is 10.4. The molecular formula is C8H5F2N3O. The number of benzene rings is 1. The van der Waals surface area contributed by atoms with Gasteiger partial charge >= 0.3 is 6.01 Å². The van der Waals surface area contributed by atoms with Crippen LogP contribution >= 0.6 is 0 Å². The van der Waals surface area contributed by atoms with E-state index in [1.165, 1.54) is 12.1 Å².